The van der Waals surface area contributed by atoms with E-state index in [1.54, 1.807) is 42.5 Å². The van der Waals surface area contributed by atoms with E-state index >= 15 is 0 Å². The molecule has 2 amide bonds. The Kier molecular flexibility index (Phi) is 7.03. The Morgan fingerprint density at radius 3 is 2.40 bits per heavy atom. The molecule has 0 fully saturated rings. The first kappa shape index (κ1) is 23.5. The van der Waals surface area contributed by atoms with E-state index in [4.69, 9.17) is 21.1 Å². The number of carbonyl (C=O) groups excluding carboxylic acids is 2. The number of rotatable bonds is 7. The molecule has 35 heavy (non-hydrogen) atoms. The Morgan fingerprint density at radius 1 is 1.03 bits per heavy atom. The number of ether oxygens (including phenoxy) is 2. The van der Waals surface area contributed by atoms with Crippen LogP contribution in [0.1, 0.15) is 21.5 Å². The maximum absolute atomic E-state index is 12.9. The fraction of sp³-hybridized carbons (Fsp3) is 0.0417. The molecule has 1 aliphatic rings. The highest BCUT2D eigenvalue weighted by Gasteiger charge is 2.17. The first-order chi connectivity index (χ1) is 16.9. The van der Waals surface area contributed by atoms with Gasteiger partial charge >= 0.3 is 0 Å². The molecule has 0 saturated carbocycles. The SMILES string of the molecule is O=C(N/N=C\c1cc2c(cc1Cl)OCO2)/C(=C/c1ccc([N+](=O)[O-])cc1)NC(=O)c1ccccc1. The minimum Gasteiger partial charge on any atom is -0.454 e. The fourth-order valence-electron chi connectivity index (χ4n) is 3.05. The Labute approximate surface area is 204 Å². The summed E-state index contributed by atoms with van der Waals surface area (Å²) in [6.45, 7) is 0.0842. The number of non-ortho nitro benzene ring substituents is 1. The van der Waals surface area contributed by atoms with E-state index in [-0.39, 0.29) is 18.2 Å². The highest BCUT2D eigenvalue weighted by atomic mass is 35.5. The monoisotopic (exact) mass is 492 g/mol. The molecule has 1 aliphatic heterocycles. The number of hydrogen-bond acceptors (Lipinski definition) is 7. The van der Waals surface area contributed by atoms with Crippen molar-refractivity contribution in [3.63, 3.8) is 0 Å². The van der Waals surface area contributed by atoms with Crippen LogP contribution in [0.15, 0.2) is 77.5 Å². The van der Waals surface area contributed by atoms with Crippen LogP contribution >= 0.6 is 11.6 Å². The van der Waals surface area contributed by atoms with Gasteiger partial charge in [0.15, 0.2) is 11.5 Å². The van der Waals surface area contributed by atoms with Crippen molar-refractivity contribution in [2.75, 3.05) is 6.79 Å². The average molecular weight is 493 g/mol. The van der Waals surface area contributed by atoms with Crippen molar-refractivity contribution in [3.8, 4) is 11.5 Å². The van der Waals surface area contributed by atoms with Crippen molar-refractivity contribution in [1.82, 2.24) is 10.7 Å². The van der Waals surface area contributed by atoms with Gasteiger partial charge in [-0.3, -0.25) is 19.7 Å². The minimum absolute atomic E-state index is 0.0842. The van der Waals surface area contributed by atoms with Crippen molar-refractivity contribution in [2.45, 2.75) is 0 Å². The van der Waals surface area contributed by atoms with Gasteiger partial charge in [0.1, 0.15) is 5.70 Å². The van der Waals surface area contributed by atoms with E-state index in [1.807, 2.05) is 0 Å². The van der Waals surface area contributed by atoms with E-state index in [1.165, 1.54) is 36.6 Å². The van der Waals surface area contributed by atoms with Crippen LogP contribution in [-0.2, 0) is 4.79 Å². The molecule has 0 saturated heterocycles. The lowest BCUT2D eigenvalue weighted by Crippen LogP contribution is -2.32. The van der Waals surface area contributed by atoms with E-state index in [0.717, 1.165) is 0 Å². The zero-order valence-corrected chi connectivity index (χ0v) is 18.7. The standard InChI is InChI=1S/C24H17ClN4O6/c25-19-12-22-21(34-14-35-22)11-17(19)13-26-28-24(31)20(27-23(30)16-4-2-1-3-5-16)10-15-6-8-18(9-7-15)29(32)33/h1-13H,14H2,(H,27,30)(H,28,31)/b20-10-,26-13-. The van der Waals surface area contributed by atoms with Crippen LogP contribution in [0, 0.1) is 10.1 Å². The van der Waals surface area contributed by atoms with Gasteiger partial charge < -0.3 is 14.8 Å². The molecule has 0 aromatic heterocycles. The molecule has 0 unspecified atom stereocenters. The number of benzene rings is 3. The summed E-state index contributed by atoms with van der Waals surface area (Å²) in [6.07, 6.45) is 2.70. The molecule has 0 aliphatic carbocycles. The number of nitro groups is 1. The van der Waals surface area contributed by atoms with Gasteiger partial charge in [0.2, 0.25) is 6.79 Å². The highest BCUT2D eigenvalue weighted by Crippen LogP contribution is 2.36. The summed E-state index contributed by atoms with van der Waals surface area (Å²) in [6, 6.07) is 17.0. The summed E-state index contributed by atoms with van der Waals surface area (Å²) in [5.74, 6) is -0.235. The molecule has 11 heteroatoms. The van der Waals surface area contributed by atoms with Gasteiger partial charge in [-0.05, 0) is 42.0 Å². The van der Waals surface area contributed by atoms with Crippen LogP contribution < -0.4 is 20.2 Å². The topological polar surface area (TPSA) is 132 Å². The van der Waals surface area contributed by atoms with Gasteiger partial charge in [0.05, 0.1) is 16.2 Å². The Hall–Kier alpha value is -4.70. The summed E-state index contributed by atoms with van der Waals surface area (Å²) >= 11 is 6.21. The molecule has 1 heterocycles. The number of fused-ring (bicyclic) bond motifs is 1. The van der Waals surface area contributed by atoms with Gasteiger partial charge in [-0.1, -0.05) is 29.8 Å². The van der Waals surface area contributed by atoms with Crippen LogP contribution in [0.4, 0.5) is 5.69 Å². The van der Waals surface area contributed by atoms with Crippen molar-refractivity contribution >= 4 is 41.4 Å². The summed E-state index contributed by atoms with van der Waals surface area (Å²) in [5.41, 5.74) is 3.38. The zero-order valence-electron chi connectivity index (χ0n) is 17.9. The molecular weight excluding hydrogens is 476 g/mol. The lowest BCUT2D eigenvalue weighted by atomic mass is 10.1. The molecule has 176 valence electrons. The number of hydrogen-bond donors (Lipinski definition) is 2. The lowest BCUT2D eigenvalue weighted by molar-refractivity contribution is -0.384. The molecule has 0 bridgehead atoms. The first-order valence-electron chi connectivity index (χ1n) is 10.2. The van der Waals surface area contributed by atoms with Crippen molar-refractivity contribution in [1.29, 1.82) is 0 Å². The number of carbonyl (C=O) groups is 2. The van der Waals surface area contributed by atoms with E-state index < -0.39 is 16.7 Å². The second-order valence-corrected chi connectivity index (χ2v) is 7.56. The third-order valence-corrected chi connectivity index (χ3v) is 5.13. The summed E-state index contributed by atoms with van der Waals surface area (Å²) in [7, 11) is 0. The van der Waals surface area contributed by atoms with Gasteiger partial charge in [0, 0.05) is 29.3 Å². The quantitative estimate of drug-likeness (QED) is 0.222. The van der Waals surface area contributed by atoms with Gasteiger partial charge in [-0.25, -0.2) is 5.43 Å². The van der Waals surface area contributed by atoms with Crippen LogP contribution in [0.3, 0.4) is 0 Å². The average Bonchev–Trinajstić information content (AvgIpc) is 3.31. The highest BCUT2D eigenvalue weighted by molar-refractivity contribution is 6.33. The second-order valence-electron chi connectivity index (χ2n) is 7.15. The van der Waals surface area contributed by atoms with E-state index in [9.17, 15) is 19.7 Å². The largest absolute Gasteiger partial charge is 0.454 e. The predicted molar refractivity (Wildman–Crippen MR) is 128 cm³/mol. The normalized spacial score (nSPS) is 12.4. The van der Waals surface area contributed by atoms with Gasteiger partial charge in [0.25, 0.3) is 17.5 Å². The molecule has 3 aromatic rings. The van der Waals surface area contributed by atoms with E-state index in [2.05, 4.69) is 15.8 Å². The smallest absolute Gasteiger partial charge is 0.287 e. The van der Waals surface area contributed by atoms with Crippen LogP contribution in [0.2, 0.25) is 5.02 Å². The summed E-state index contributed by atoms with van der Waals surface area (Å²) in [5, 5.41) is 17.7. The van der Waals surface area contributed by atoms with Gasteiger partial charge in [-0.2, -0.15) is 5.10 Å². The summed E-state index contributed by atoms with van der Waals surface area (Å²) in [4.78, 5) is 35.9. The molecule has 2 N–H and O–H groups in total. The Morgan fingerprint density at radius 2 is 1.71 bits per heavy atom. The van der Waals surface area contributed by atoms with Crippen molar-refractivity contribution in [2.24, 2.45) is 5.10 Å². The first-order valence-corrected chi connectivity index (χ1v) is 10.5. The fourth-order valence-corrected chi connectivity index (χ4v) is 3.26. The zero-order chi connectivity index (χ0) is 24.8. The number of halogens is 1. The van der Waals surface area contributed by atoms with E-state index in [0.29, 0.717) is 33.2 Å². The van der Waals surface area contributed by atoms with Crippen molar-refractivity contribution < 1.29 is 24.0 Å². The molecule has 3 aromatic carbocycles. The third-order valence-electron chi connectivity index (χ3n) is 4.81. The number of nitrogens with zero attached hydrogens (tertiary/aromatic N) is 2. The third kappa shape index (κ3) is 5.81. The predicted octanol–water partition coefficient (Wildman–Crippen LogP) is 3.90. The lowest BCUT2D eigenvalue weighted by Gasteiger charge is -2.09. The molecule has 0 spiro atoms. The number of amides is 2. The van der Waals surface area contributed by atoms with Crippen molar-refractivity contribution in [3.05, 3.63) is 104 Å². The second kappa shape index (κ2) is 10.5. The Balaban J connectivity index is 1.55. The molecule has 10 nitrogen and oxygen atoms in total. The Bertz CT molecular complexity index is 1340. The number of hydrazone groups is 1. The summed E-state index contributed by atoms with van der Waals surface area (Å²) < 4.78 is 10.6. The van der Waals surface area contributed by atoms with Gasteiger partial charge in [-0.15, -0.1) is 0 Å². The molecule has 0 atom stereocenters. The minimum atomic E-state index is -0.722. The van der Waals surface area contributed by atoms with Crippen LogP contribution in [-0.4, -0.2) is 29.7 Å². The molecule has 4 rings (SSSR count). The van der Waals surface area contributed by atoms with Crippen LogP contribution in [0.5, 0.6) is 11.5 Å². The maximum atomic E-state index is 12.9. The number of nitro benzene ring substituents is 1. The number of nitrogens with one attached hydrogen (secondary N) is 2. The van der Waals surface area contributed by atoms with Crippen LogP contribution in [0.25, 0.3) is 6.08 Å². The maximum Gasteiger partial charge on any atom is 0.287 e. The molecule has 0 radical (unpaired) electrons. The molecular formula is C24H17ClN4O6.